The van der Waals surface area contributed by atoms with Crippen molar-refractivity contribution < 1.29 is 14.3 Å². The van der Waals surface area contributed by atoms with Crippen molar-refractivity contribution in [2.45, 2.75) is 27.3 Å². The zero-order valence-corrected chi connectivity index (χ0v) is 19.6. The van der Waals surface area contributed by atoms with Gasteiger partial charge in [0, 0.05) is 6.20 Å². The molecule has 0 fully saturated rings. The molecule has 6 heteroatoms. The standard InChI is InChI=1S/C25H25N3O3.C2H6/c1-5-10-18(6-2)20-12-9-8-11-19(20)16-28-22-13-14-27-25(21(22)15-23(28)26-4)31-17-24(29)30-7-3;1-2/h5-6,8-15H,1-2,4,7,16-17H2,3H3;1-2H3/b18-10+;. The van der Waals surface area contributed by atoms with E-state index in [9.17, 15) is 4.79 Å². The second-order valence-electron chi connectivity index (χ2n) is 6.61. The molecule has 172 valence electrons. The molecular formula is C27H31N3O3. The molecule has 3 rings (SSSR count). The summed E-state index contributed by atoms with van der Waals surface area (Å²) in [4.78, 5) is 20.1. The van der Waals surface area contributed by atoms with E-state index in [1.54, 1.807) is 19.2 Å². The molecular weight excluding hydrogens is 414 g/mol. The molecule has 0 N–H and O–H groups in total. The first-order valence-electron chi connectivity index (χ1n) is 10.9. The summed E-state index contributed by atoms with van der Waals surface area (Å²) in [6, 6.07) is 11.8. The van der Waals surface area contributed by atoms with E-state index < -0.39 is 5.97 Å². The Morgan fingerprint density at radius 3 is 2.64 bits per heavy atom. The van der Waals surface area contributed by atoms with Crippen molar-refractivity contribution in [3.05, 3.63) is 85.1 Å². The first kappa shape index (κ1) is 25.3. The van der Waals surface area contributed by atoms with Crippen molar-refractivity contribution in [3.8, 4) is 5.88 Å². The lowest BCUT2D eigenvalue weighted by molar-refractivity contribution is -0.145. The maximum atomic E-state index is 11.7. The van der Waals surface area contributed by atoms with Crippen LogP contribution in [0.5, 0.6) is 5.88 Å². The molecule has 0 spiro atoms. The number of aliphatic imine (C=N–C) groups is 1. The monoisotopic (exact) mass is 445 g/mol. The number of rotatable bonds is 10. The number of allylic oxidation sites excluding steroid dienone is 4. The number of ether oxygens (including phenoxy) is 2. The van der Waals surface area contributed by atoms with Crippen LogP contribution in [-0.4, -0.2) is 35.5 Å². The predicted octanol–water partition coefficient (Wildman–Crippen LogP) is 6.14. The molecule has 0 radical (unpaired) electrons. The third-order valence-corrected chi connectivity index (χ3v) is 4.74. The van der Waals surface area contributed by atoms with E-state index in [0.717, 1.165) is 27.6 Å². The van der Waals surface area contributed by atoms with Crippen LogP contribution >= 0.6 is 0 Å². The van der Waals surface area contributed by atoms with Gasteiger partial charge in [-0.05, 0) is 42.5 Å². The van der Waals surface area contributed by atoms with Gasteiger partial charge in [-0.15, -0.1) is 0 Å². The van der Waals surface area contributed by atoms with Crippen LogP contribution in [0, 0.1) is 0 Å². The fourth-order valence-electron chi connectivity index (χ4n) is 3.39. The van der Waals surface area contributed by atoms with Crippen molar-refractivity contribution in [1.29, 1.82) is 0 Å². The van der Waals surface area contributed by atoms with Crippen LogP contribution in [-0.2, 0) is 16.1 Å². The van der Waals surface area contributed by atoms with Gasteiger partial charge in [-0.2, -0.15) is 0 Å². The molecule has 0 aliphatic heterocycles. The number of hydrogen-bond donors (Lipinski definition) is 0. The third-order valence-electron chi connectivity index (χ3n) is 4.74. The van der Waals surface area contributed by atoms with Gasteiger partial charge in [0.25, 0.3) is 0 Å². The fraction of sp³-hybridized carbons (Fsp3) is 0.222. The molecule has 2 aromatic heterocycles. The van der Waals surface area contributed by atoms with E-state index in [-0.39, 0.29) is 6.61 Å². The molecule has 0 bridgehead atoms. The van der Waals surface area contributed by atoms with Crippen LogP contribution in [0.25, 0.3) is 16.5 Å². The number of hydrogen-bond acceptors (Lipinski definition) is 5. The summed E-state index contributed by atoms with van der Waals surface area (Å²) < 4.78 is 12.6. The summed E-state index contributed by atoms with van der Waals surface area (Å²) >= 11 is 0. The highest BCUT2D eigenvalue weighted by molar-refractivity contribution is 5.89. The smallest absolute Gasteiger partial charge is 0.344 e. The maximum absolute atomic E-state index is 11.7. The second kappa shape index (κ2) is 12.8. The summed E-state index contributed by atoms with van der Waals surface area (Å²) in [5, 5.41) is 0.747. The Hall–Kier alpha value is -3.93. The van der Waals surface area contributed by atoms with Crippen molar-refractivity contribution in [2.75, 3.05) is 13.2 Å². The average molecular weight is 446 g/mol. The Morgan fingerprint density at radius 2 is 1.97 bits per heavy atom. The van der Waals surface area contributed by atoms with Gasteiger partial charge in [0.05, 0.1) is 24.1 Å². The molecule has 2 heterocycles. The van der Waals surface area contributed by atoms with Gasteiger partial charge in [0.15, 0.2) is 6.61 Å². The normalized spacial score (nSPS) is 10.7. The van der Waals surface area contributed by atoms with Gasteiger partial charge in [0.2, 0.25) is 5.88 Å². The van der Waals surface area contributed by atoms with E-state index >= 15 is 0 Å². The first-order valence-corrected chi connectivity index (χ1v) is 10.9. The number of fused-ring (bicyclic) bond motifs is 1. The van der Waals surface area contributed by atoms with E-state index in [2.05, 4.69) is 42.0 Å². The number of benzene rings is 1. The minimum Gasteiger partial charge on any atom is -0.465 e. The van der Waals surface area contributed by atoms with Gasteiger partial charge < -0.3 is 14.0 Å². The van der Waals surface area contributed by atoms with Crippen LogP contribution < -0.4 is 4.74 Å². The Bertz CT molecular complexity index is 1160. The van der Waals surface area contributed by atoms with E-state index in [1.165, 1.54) is 0 Å². The number of carbonyl (C=O) groups is 1. The number of carbonyl (C=O) groups excluding carboxylic acids is 1. The molecule has 0 amide bonds. The number of aromatic nitrogens is 2. The van der Waals surface area contributed by atoms with Gasteiger partial charge in [-0.1, -0.05) is 69.5 Å². The molecule has 0 aliphatic carbocycles. The van der Waals surface area contributed by atoms with Gasteiger partial charge in [-0.25, -0.2) is 14.8 Å². The fourth-order valence-corrected chi connectivity index (χ4v) is 3.39. The summed E-state index contributed by atoms with van der Waals surface area (Å²) in [5.41, 5.74) is 4.00. The Labute approximate surface area is 195 Å². The Morgan fingerprint density at radius 1 is 1.21 bits per heavy atom. The van der Waals surface area contributed by atoms with Crippen molar-refractivity contribution in [1.82, 2.24) is 9.55 Å². The third kappa shape index (κ3) is 6.07. The van der Waals surface area contributed by atoms with Gasteiger partial charge in [0.1, 0.15) is 5.82 Å². The molecule has 0 saturated heterocycles. The highest BCUT2D eigenvalue weighted by atomic mass is 16.6. The lowest BCUT2D eigenvalue weighted by atomic mass is 9.99. The molecule has 0 unspecified atom stereocenters. The predicted molar refractivity (Wildman–Crippen MR) is 136 cm³/mol. The van der Waals surface area contributed by atoms with E-state index in [0.29, 0.717) is 24.8 Å². The largest absolute Gasteiger partial charge is 0.465 e. The van der Waals surface area contributed by atoms with Crippen LogP contribution in [0.1, 0.15) is 31.9 Å². The highest BCUT2D eigenvalue weighted by Crippen LogP contribution is 2.33. The average Bonchev–Trinajstić information content (AvgIpc) is 3.21. The number of nitrogens with zero attached hydrogens (tertiary/aromatic N) is 3. The van der Waals surface area contributed by atoms with Gasteiger partial charge >= 0.3 is 5.97 Å². The molecule has 33 heavy (non-hydrogen) atoms. The molecule has 6 nitrogen and oxygen atoms in total. The van der Waals surface area contributed by atoms with Crippen molar-refractivity contribution in [3.63, 3.8) is 0 Å². The molecule has 1 aromatic carbocycles. The van der Waals surface area contributed by atoms with Crippen molar-refractivity contribution >= 4 is 35.0 Å². The zero-order chi connectivity index (χ0) is 24.2. The topological polar surface area (TPSA) is 65.7 Å². The van der Waals surface area contributed by atoms with E-state index in [4.69, 9.17) is 9.47 Å². The molecule has 0 atom stereocenters. The molecule has 0 saturated carbocycles. The lowest BCUT2D eigenvalue weighted by Crippen LogP contribution is -2.15. The summed E-state index contributed by atoms with van der Waals surface area (Å²) in [6.07, 6.45) is 7.13. The first-order chi connectivity index (χ1) is 16.1. The SMILES string of the molecule is C=C/C=C(\C=C)c1ccccc1Cn1c(N=C)cc2c(OCC(=O)OCC)nccc21.CC. The Kier molecular flexibility index (Phi) is 9.83. The number of esters is 1. The maximum Gasteiger partial charge on any atom is 0.344 e. The second-order valence-corrected chi connectivity index (χ2v) is 6.61. The van der Waals surface area contributed by atoms with Gasteiger partial charge in [-0.3, -0.25) is 0 Å². The quantitative estimate of drug-likeness (QED) is 0.214. The Balaban J connectivity index is 0.00000187. The van der Waals surface area contributed by atoms with Crippen molar-refractivity contribution in [2.24, 2.45) is 4.99 Å². The van der Waals surface area contributed by atoms with Crippen LogP contribution in [0.2, 0.25) is 0 Å². The van der Waals surface area contributed by atoms with Crippen LogP contribution in [0.4, 0.5) is 5.82 Å². The molecule has 0 aliphatic rings. The van der Waals surface area contributed by atoms with E-state index in [1.807, 2.05) is 54.8 Å². The minimum absolute atomic E-state index is 0.208. The number of pyridine rings is 1. The summed E-state index contributed by atoms with van der Waals surface area (Å²) in [7, 11) is 0. The summed E-state index contributed by atoms with van der Waals surface area (Å²) in [5.74, 6) is 0.579. The highest BCUT2D eigenvalue weighted by Gasteiger charge is 2.16. The molecule has 3 aromatic rings. The zero-order valence-electron chi connectivity index (χ0n) is 19.6. The minimum atomic E-state index is -0.442. The van der Waals surface area contributed by atoms with Crippen LogP contribution in [0.3, 0.4) is 0 Å². The summed E-state index contributed by atoms with van der Waals surface area (Å²) in [6.45, 7) is 17.8. The lowest BCUT2D eigenvalue weighted by Gasteiger charge is -2.14. The van der Waals surface area contributed by atoms with Crippen LogP contribution in [0.15, 0.2) is 79.0 Å².